The lowest BCUT2D eigenvalue weighted by atomic mass is 10.1. The summed E-state index contributed by atoms with van der Waals surface area (Å²) in [7, 11) is 0. The first-order valence-electron chi connectivity index (χ1n) is 8.53. The molecule has 0 atom stereocenters. The maximum atomic E-state index is 12.5. The Kier molecular flexibility index (Phi) is 5.44. The van der Waals surface area contributed by atoms with Crippen LogP contribution < -0.4 is 11.2 Å². The van der Waals surface area contributed by atoms with E-state index in [0.717, 1.165) is 27.8 Å². The van der Waals surface area contributed by atoms with Gasteiger partial charge in [-0.3, -0.25) is 23.9 Å². The Morgan fingerprint density at radius 3 is 2.68 bits per heavy atom. The number of carbonyl (C=O) groups is 2. The van der Waals surface area contributed by atoms with Gasteiger partial charge < -0.3 is 13.7 Å². The molecule has 9 heteroatoms. The molecule has 0 saturated heterocycles. The first kappa shape index (κ1) is 19.2. The fraction of sp³-hybridized carbons (Fsp3) is 0.263. The number of aromatic amines is 1. The zero-order valence-corrected chi connectivity index (χ0v) is 15.4. The minimum Gasteiger partial charge on any atom is -0.467 e. The summed E-state index contributed by atoms with van der Waals surface area (Å²) < 4.78 is 13.3. The lowest BCUT2D eigenvalue weighted by Crippen LogP contribution is -2.31. The van der Waals surface area contributed by atoms with E-state index in [0.29, 0.717) is 12.1 Å². The van der Waals surface area contributed by atoms with Crippen LogP contribution in [-0.4, -0.2) is 32.5 Å². The molecule has 1 N–H and O–H groups in total. The summed E-state index contributed by atoms with van der Waals surface area (Å²) in [5.41, 5.74) is 0.792. The number of hydrogen-bond donors (Lipinski definition) is 1. The Labute approximate surface area is 159 Å². The maximum absolute atomic E-state index is 12.5. The topological polar surface area (TPSA) is 116 Å². The Balaban J connectivity index is 1.64. The van der Waals surface area contributed by atoms with Crippen molar-refractivity contribution in [2.75, 3.05) is 6.61 Å². The van der Waals surface area contributed by atoms with Crippen molar-refractivity contribution in [3.05, 3.63) is 80.3 Å². The second-order valence-corrected chi connectivity index (χ2v) is 6.27. The molecular weight excluding hydrogens is 366 g/mol. The van der Waals surface area contributed by atoms with Crippen molar-refractivity contribution in [3.8, 4) is 0 Å². The summed E-state index contributed by atoms with van der Waals surface area (Å²) in [5.74, 6) is -0.341. The highest BCUT2D eigenvalue weighted by Crippen LogP contribution is 2.18. The zero-order valence-electron chi connectivity index (χ0n) is 15.4. The number of aromatic nitrogens is 3. The summed E-state index contributed by atoms with van der Waals surface area (Å²) in [4.78, 5) is 49.0. The molecule has 0 aliphatic carbocycles. The van der Waals surface area contributed by atoms with Crippen LogP contribution in [0.25, 0.3) is 0 Å². The van der Waals surface area contributed by atoms with E-state index in [1.165, 1.54) is 6.20 Å². The van der Waals surface area contributed by atoms with Gasteiger partial charge in [-0.1, -0.05) is 0 Å². The van der Waals surface area contributed by atoms with Crippen molar-refractivity contribution < 1.29 is 18.7 Å². The molecule has 28 heavy (non-hydrogen) atoms. The van der Waals surface area contributed by atoms with E-state index in [-0.39, 0.29) is 5.78 Å². The first-order valence-corrected chi connectivity index (χ1v) is 8.53. The molecule has 3 aromatic heterocycles. The second kappa shape index (κ2) is 7.95. The monoisotopic (exact) mass is 385 g/mol. The molecule has 0 aliphatic heterocycles. The standard InChI is InChI=1S/C19H19N3O6/c1-12-8-15(13(2)22(12)9-14-4-3-7-27-14)16(23)11-28-18(25)10-21-6-5-17(24)20-19(21)26/h3-8H,9-11H2,1-2H3,(H,20,24,26). The molecule has 0 amide bonds. The quantitative estimate of drug-likeness (QED) is 0.479. The van der Waals surface area contributed by atoms with Crippen LogP contribution in [0.15, 0.2) is 50.7 Å². The van der Waals surface area contributed by atoms with Crippen molar-refractivity contribution >= 4 is 11.8 Å². The van der Waals surface area contributed by atoms with Gasteiger partial charge in [0.2, 0.25) is 5.78 Å². The molecule has 3 aromatic rings. The summed E-state index contributed by atoms with van der Waals surface area (Å²) in [6, 6.07) is 6.50. The number of H-pyrrole nitrogens is 1. The van der Waals surface area contributed by atoms with E-state index < -0.39 is 30.4 Å². The molecule has 0 bridgehead atoms. The molecular formula is C19H19N3O6. The Bertz CT molecular complexity index is 1120. The van der Waals surface area contributed by atoms with Crippen molar-refractivity contribution in [3.63, 3.8) is 0 Å². The largest absolute Gasteiger partial charge is 0.467 e. The molecule has 0 saturated carbocycles. The summed E-state index contributed by atoms with van der Waals surface area (Å²) in [5, 5.41) is 0. The van der Waals surface area contributed by atoms with Gasteiger partial charge in [0, 0.05) is 29.2 Å². The highest BCUT2D eigenvalue weighted by Gasteiger charge is 2.18. The molecule has 0 radical (unpaired) electrons. The predicted molar refractivity (Wildman–Crippen MR) is 98.3 cm³/mol. The second-order valence-electron chi connectivity index (χ2n) is 6.27. The Hall–Kier alpha value is -3.62. The molecule has 3 heterocycles. The fourth-order valence-electron chi connectivity index (χ4n) is 2.86. The summed E-state index contributed by atoms with van der Waals surface area (Å²) in [6.07, 6.45) is 2.77. The molecule has 0 fully saturated rings. The van der Waals surface area contributed by atoms with Gasteiger partial charge in [-0.15, -0.1) is 0 Å². The van der Waals surface area contributed by atoms with E-state index >= 15 is 0 Å². The van der Waals surface area contributed by atoms with Crippen molar-refractivity contribution in [2.45, 2.75) is 26.9 Å². The van der Waals surface area contributed by atoms with Crippen molar-refractivity contribution in [1.82, 2.24) is 14.1 Å². The van der Waals surface area contributed by atoms with Crippen LogP contribution in [0, 0.1) is 13.8 Å². The number of Topliss-reactive ketones (excluding diaryl/α,β-unsaturated/α-hetero) is 1. The highest BCUT2D eigenvalue weighted by atomic mass is 16.5. The first-order chi connectivity index (χ1) is 13.3. The number of nitrogens with zero attached hydrogens (tertiary/aromatic N) is 2. The van der Waals surface area contributed by atoms with E-state index in [2.05, 4.69) is 0 Å². The van der Waals surface area contributed by atoms with Gasteiger partial charge in [0.25, 0.3) is 5.56 Å². The molecule has 0 aliphatic rings. The number of nitrogens with one attached hydrogen (secondary N) is 1. The van der Waals surface area contributed by atoms with Gasteiger partial charge in [0.1, 0.15) is 12.3 Å². The number of furan rings is 1. The minimum atomic E-state index is -0.758. The van der Waals surface area contributed by atoms with Crippen molar-refractivity contribution in [1.29, 1.82) is 0 Å². The summed E-state index contributed by atoms with van der Waals surface area (Å²) in [6.45, 7) is 3.33. The smallest absolute Gasteiger partial charge is 0.328 e. The van der Waals surface area contributed by atoms with Crippen LogP contribution in [0.3, 0.4) is 0 Å². The Morgan fingerprint density at radius 1 is 1.21 bits per heavy atom. The van der Waals surface area contributed by atoms with Gasteiger partial charge in [-0.05, 0) is 32.0 Å². The number of carbonyl (C=O) groups excluding carboxylic acids is 2. The van der Waals surface area contributed by atoms with Crippen LogP contribution >= 0.6 is 0 Å². The lowest BCUT2D eigenvalue weighted by molar-refractivity contribution is -0.143. The third kappa shape index (κ3) is 4.20. The third-order valence-corrected chi connectivity index (χ3v) is 4.33. The van der Waals surface area contributed by atoms with Gasteiger partial charge in [0.05, 0.1) is 12.8 Å². The maximum Gasteiger partial charge on any atom is 0.328 e. The van der Waals surface area contributed by atoms with E-state index in [9.17, 15) is 19.2 Å². The average Bonchev–Trinajstić information content (AvgIpc) is 3.26. The lowest BCUT2D eigenvalue weighted by Gasteiger charge is -2.08. The normalized spacial score (nSPS) is 10.8. The molecule has 0 unspecified atom stereocenters. The molecule has 0 spiro atoms. The molecule has 9 nitrogen and oxygen atoms in total. The predicted octanol–water partition coefficient (Wildman–Crippen LogP) is 1.02. The van der Waals surface area contributed by atoms with Crippen LogP contribution in [-0.2, 0) is 22.6 Å². The van der Waals surface area contributed by atoms with Crippen LogP contribution in [0.4, 0.5) is 0 Å². The van der Waals surface area contributed by atoms with E-state index in [1.807, 2.05) is 29.5 Å². The average molecular weight is 385 g/mol. The summed E-state index contributed by atoms with van der Waals surface area (Å²) >= 11 is 0. The molecule has 3 rings (SSSR count). The number of hydrogen-bond acceptors (Lipinski definition) is 6. The Morgan fingerprint density at radius 2 is 2.00 bits per heavy atom. The van der Waals surface area contributed by atoms with Crippen LogP contribution in [0.1, 0.15) is 27.5 Å². The SMILES string of the molecule is Cc1cc(C(=O)COC(=O)Cn2ccc(=O)[nH]c2=O)c(C)n1Cc1ccco1. The minimum absolute atomic E-state index is 0.346. The van der Waals surface area contributed by atoms with Gasteiger partial charge in [-0.2, -0.15) is 0 Å². The van der Waals surface area contributed by atoms with Crippen LogP contribution in [0.5, 0.6) is 0 Å². The highest BCUT2D eigenvalue weighted by molar-refractivity contribution is 5.99. The van der Waals surface area contributed by atoms with Gasteiger partial charge in [0.15, 0.2) is 6.61 Å². The number of esters is 1. The number of aryl methyl sites for hydroxylation is 1. The number of ether oxygens (including phenoxy) is 1. The zero-order chi connectivity index (χ0) is 20.3. The van der Waals surface area contributed by atoms with E-state index in [1.54, 1.807) is 18.4 Å². The van der Waals surface area contributed by atoms with E-state index in [4.69, 9.17) is 9.15 Å². The van der Waals surface area contributed by atoms with Gasteiger partial charge in [-0.25, -0.2) is 4.79 Å². The number of rotatable bonds is 7. The molecule has 146 valence electrons. The fourth-order valence-corrected chi connectivity index (χ4v) is 2.86. The van der Waals surface area contributed by atoms with Gasteiger partial charge >= 0.3 is 11.7 Å². The van der Waals surface area contributed by atoms with Crippen LogP contribution in [0.2, 0.25) is 0 Å². The molecule has 0 aromatic carbocycles. The van der Waals surface area contributed by atoms with Crippen molar-refractivity contribution in [2.24, 2.45) is 0 Å². The third-order valence-electron chi connectivity index (χ3n) is 4.33. The number of ketones is 1.